The summed E-state index contributed by atoms with van der Waals surface area (Å²) < 4.78 is 0. The third-order valence-electron chi connectivity index (χ3n) is 5.13. The number of nitrogens with two attached hydrogens (primary N) is 1. The van der Waals surface area contributed by atoms with Crippen molar-refractivity contribution in [3.8, 4) is 0 Å². The predicted molar refractivity (Wildman–Crippen MR) is 114 cm³/mol. The number of nitrogens with one attached hydrogen (secondary N) is 3. The molecule has 0 aromatic carbocycles. The zero-order chi connectivity index (χ0) is 25.2. The van der Waals surface area contributed by atoms with Crippen molar-refractivity contribution in [1.82, 2.24) is 16.0 Å². The van der Waals surface area contributed by atoms with Crippen LogP contribution in [0.5, 0.6) is 0 Å². The Morgan fingerprint density at radius 2 is 1.38 bits per heavy atom. The van der Waals surface area contributed by atoms with E-state index in [-0.39, 0.29) is 12.3 Å². The predicted octanol–water partition coefficient (Wildman–Crippen LogP) is -1.20. The molecule has 3 amide bonds. The van der Waals surface area contributed by atoms with Gasteiger partial charge in [-0.2, -0.15) is 0 Å². The minimum absolute atomic E-state index is 0.196. The molecule has 0 aliphatic rings. The first kappa shape index (κ1) is 29.3. The second kappa shape index (κ2) is 13.6. The quantitative estimate of drug-likeness (QED) is 0.166. The second-order valence-corrected chi connectivity index (χ2v) is 8.20. The lowest BCUT2D eigenvalue weighted by atomic mass is 9.98. The zero-order valence-corrected chi connectivity index (χ0v) is 19.1. The molecule has 0 fully saturated rings. The summed E-state index contributed by atoms with van der Waals surface area (Å²) in [6.07, 6.45) is -1.53. The Kier molecular flexibility index (Phi) is 12.5. The van der Waals surface area contributed by atoms with Gasteiger partial charge in [-0.1, -0.05) is 34.1 Å². The lowest BCUT2D eigenvalue weighted by molar-refractivity contribution is -0.144. The lowest BCUT2D eigenvalue weighted by Crippen LogP contribution is -2.60. The molecule has 12 nitrogen and oxygen atoms in total. The van der Waals surface area contributed by atoms with Crippen LogP contribution in [-0.2, 0) is 24.0 Å². The van der Waals surface area contributed by atoms with Gasteiger partial charge in [-0.25, -0.2) is 4.79 Å². The van der Waals surface area contributed by atoms with Gasteiger partial charge >= 0.3 is 11.9 Å². The molecule has 0 bridgehead atoms. The molecule has 0 saturated heterocycles. The normalized spacial score (nSPS) is 16.8. The summed E-state index contributed by atoms with van der Waals surface area (Å²) in [5.41, 5.74) is 5.87. The van der Waals surface area contributed by atoms with Gasteiger partial charge in [0.2, 0.25) is 17.7 Å². The van der Waals surface area contributed by atoms with Crippen molar-refractivity contribution >= 4 is 29.7 Å². The van der Waals surface area contributed by atoms with Crippen LogP contribution in [0.2, 0.25) is 0 Å². The van der Waals surface area contributed by atoms with E-state index in [2.05, 4.69) is 16.0 Å². The molecule has 0 aliphatic heterocycles. The van der Waals surface area contributed by atoms with Crippen molar-refractivity contribution in [2.45, 2.75) is 84.2 Å². The van der Waals surface area contributed by atoms with Gasteiger partial charge in [0.25, 0.3) is 0 Å². The molecule has 6 atom stereocenters. The SMILES string of the molecule is CCC(C)C(N)C(=O)NC(CCC(=O)O)C(=O)NC(C(=O)NC(C(=O)O)C(C)C)C(C)O. The number of amides is 3. The molecule has 0 aromatic heterocycles. The van der Waals surface area contributed by atoms with Crippen LogP contribution < -0.4 is 21.7 Å². The summed E-state index contributed by atoms with van der Waals surface area (Å²) in [4.78, 5) is 60.0. The molecular formula is C20H36N4O8. The van der Waals surface area contributed by atoms with E-state index in [0.717, 1.165) is 0 Å². The molecule has 0 heterocycles. The van der Waals surface area contributed by atoms with Crippen LogP contribution in [0.1, 0.15) is 53.9 Å². The maximum Gasteiger partial charge on any atom is 0.326 e. The summed E-state index contributed by atoms with van der Waals surface area (Å²) in [5, 5.41) is 35.1. The van der Waals surface area contributed by atoms with Crippen molar-refractivity contribution in [2.24, 2.45) is 17.6 Å². The number of carboxylic acids is 2. The summed E-state index contributed by atoms with van der Waals surface area (Å²) in [6.45, 7) is 7.96. The van der Waals surface area contributed by atoms with E-state index in [1.165, 1.54) is 6.92 Å². The second-order valence-electron chi connectivity index (χ2n) is 8.20. The maximum atomic E-state index is 12.8. The largest absolute Gasteiger partial charge is 0.481 e. The number of aliphatic hydroxyl groups excluding tert-OH is 1. The van der Waals surface area contributed by atoms with Crippen molar-refractivity contribution in [2.75, 3.05) is 0 Å². The first-order chi connectivity index (χ1) is 14.7. The third kappa shape index (κ3) is 9.60. The lowest BCUT2D eigenvalue weighted by Gasteiger charge is -2.27. The van der Waals surface area contributed by atoms with E-state index in [1.54, 1.807) is 20.8 Å². The van der Waals surface area contributed by atoms with Crippen LogP contribution in [0, 0.1) is 11.8 Å². The zero-order valence-electron chi connectivity index (χ0n) is 19.1. The van der Waals surface area contributed by atoms with Gasteiger partial charge in [0.05, 0.1) is 12.1 Å². The molecule has 32 heavy (non-hydrogen) atoms. The molecular weight excluding hydrogens is 424 g/mol. The summed E-state index contributed by atoms with van der Waals surface area (Å²) in [6, 6.07) is -5.05. The van der Waals surface area contributed by atoms with Gasteiger partial charge in [0.15, 0.2) is 0 Å². The van der Waals surface area contributed by atoms with Crippen LogP contribution in [0.15, 0.2) is 0 Å². The molecule has 184 valence electrons. The minimum Gasteiger partial charge on any atom is -0.481 e. The van der Waals surface area contributed by atoms with Crippen LogP contribution in [-0.4, -0.2) is 75.3 Å². The molecule has 0 spiro atoms. The molecule has 0 aromatic rings. The summed E-state index contributed by atoms with van der Waals surface area (Å²) in [5.74, 6) is -5.65. The van der Waals surface area contributed by atoms with Crippen LogP contribution in [0.25, 0.3) is 0 Å². The first-order valence-electron chi connectivity index (χ1n) is 10.5. The average Bonchev–Trinajstić information content (AvgIpc) is 2.70. The average molecular weight is 461 g/mol. The number of carbonyl (C=O) groups is 5. The smallest absolute Gasteiger partial charge is 0.326 e. The number of carboxylic acid groups (broad SMARTS) is 2. The molecule has 0 radical (unpaired) electrons. The Morgan fingerprint density at radius 1 is 0.844 bits per heavy atom. The molecule has 0 aliphatic carbocycles. The number of hydrogen-bond acceptors (Lipinski definition) is 7. The van der Waals surface area contributed by atoms with Crippen LogP contribution in [0.4, 0.5) is 0 Å². The fourth-order valence-corrected chi connectivity index (χ4v) is 2.73. The van der Waals surface area contributed by atoms with E-state index in [1.807, 2.05) is 6.92 Å². The molecule has 0 saturated carbocycles. The van der Waals surface area contributed by atoms with Gasteiger partial charge < -0.3 is 37.0 Å². The number of aliphatic carboxylic acids is 2. The fourth-order valence-electron chi connectivity index (χ4n) is 2.73. The Balaban J connectivity index is 5.52. The number of aliphatic hydroxyl groups is 1. The number of hydrogen-bond donors (Lipinski definition) is 7. The van der Waals surface area contributed by atoms with Crippen LogP contribution >= 0.6 is 0 Å². The number of rotatable bonds is 14. The van der Waals surface area contributed by atoms with Gasteiger partial charge in [-0.15, -0.1) is 0 Å². The van der Waals surface area contributed by atoms with Crippen molar-refractivity contribution < 1.29 is 39.3 Å². The fraction of sp³-hybridized carbons (Fsp3) is 0.750. The molecule has 8 N–H and O–H groups in total. The highest BCUT2D eigenvalue weighted by Crippen LogP contribution is 2.08. The van der Waals surface area contributed by atoms with Crippen molar-refractivity contribution in [3.05, 3.63) is 0 Å². The monoisotopic (exact) mass is 460 g/mol. The topological polar surface area (TPSA) is 208 Å². The highest BCUT2D eigenvalue weighted by molar-refractivity contribution is 5.94. The van der Waals surface area contributed by atoms with Gasteiger partial charge in [-0.05, 0) is 25.2 Å². The van der Waals surface area contributed by atoms with Gasteiger partial charge in [-0.3, -0.25) is 19.2 Å². The molecule has 12 heteroatoms. The molecule has 0 rings (SSSR count). The van der Waals surface area contributed by atoms with E-state index >= 15 is 0 Å². The Labute approximate surface area is 187 Å². The minimum atomic E-state index is -1.53. The van der Waals surface area contributed by atoms with Crippen molar-refractivity contribution in [3.63, 3.8) is 0 Å². The maximum absolute atomic E-state index is 12.8. The van der Waals surface area contributed by atoms with E-state index in [4.69, 9.17) is 10.8 Å². The van der Waals surface area contributed by atoms with E-state index in [9.17, 15) is 34.2 Å². The summed E-state index contributed by atoms with van der Waals surface area (Å²) >= 11 is 0. The van der Waals surface area contributed by atoms with Crippen molar-refractivity contribution in [1.29, 1.82) is 0 Å². The number of carbonyl (C=O) groups excluding carboxylic acids is 3. The van der Waals surface area contributed by atoms with E-state index in [0.29, 0.717) is 6.42 Å². The van der Waals surface area contributed by atoms with E-state index < -0.39 is 72.3 Å². The third-order valence-corrected chi connectivity index (χ3v) is 5.13. The highest BCUT2D eigenvalue weighted by atomic mass is 16.4. The van der Waals surface area contributed by atoms with Gasteiger partial charge in [0.1, 0.15) is 18.1 Å². The standard InChI is InChI=1S/C20H36N4O8/c1-6-10(4)14(21)18(29)22-12(7-8-13(26)27)17(28)24-16(11(5)25)19(30)23-15(9(2)3)20(31)32/h9-12,14-16,25H,6-8,21H2,1-5H3,(H,22,29)(H,23,30)(H,24,28)(H,26,27)(H,31,32). The Hall–Kier alpha value is -2.73. The summed E-state index contributed by atoms with van der Waals surface area (Å²) in [7, 11) is 0. The Morgan fingerprint density at radius 3 is 1.78 bits per heavy atom. The molecule has 6 unspecified atom stereocenters. The Bertz CT molecular complexity index is 683. The first-order valence-corrected chi connectivity index (χ1v) is 10.5. The van der Waals surface area contributed by atoms with Crippen LogP contribution in [0.3, 0.4) is 0 Å². The van der Waals surface area contributed by atoms with Gasteiger partial charge in [0, 0.05) is 6.42 Å². The highest BCUT2D eigenvalue weighted by Gasteiger charge is 2.34.